The minimum atomic E-state index is 0.964. The predicted molar refractivity (Wildman–Crippen MR) is 65.5 cm³/mol. The third-order valence-electron chi connectivity index (χ3n) is 2.59. The zero-order valence-electron chi connectivity index (χ0n) is 8.36. The molecule has 0 saturated carbocycles. The van der Waals surface area contributed by atoms with Crippen LogP contribution in [0.2, 0.25) is 0 Å². The van der Waals surface area contributed by atoms with Gasteiger partial charge in [0.2, 0.25) is 0 Å². The Kier molecular flexibility index (Phi) is 1.96. The summed E-state index contributed by atoms with van der Waals surface area (Å²) in [4.78, 5) is 1.24. The fourth-order valence-electron chi connectivity index (χ4n) is 1.83. The number of fused-ring (bicyclic) bond motifs is 3. The lowest BCUT2D eigenvalue weighted by molar-refractivity contribution is 0.668. The molecule has 1 aromatic heterocycles. The Morgan fingerprint density at radius 1 is 0.933 bits per heavy atom. The van der Waals surface area contributed by atoms with Crippen molar-refractivity contribution >= 4 is 33.7 Å². The Labute approximate surface area is 92.1 Å². The van der Waals surface area contributed by atoms with Gasteiger partial charge in [-0.05, 0) is 30.5 Å². The number of thioether (sulfide) groups is 1. The van der Waals surface area contributed by atoms with Crippen molar-refractivity contribution in [2.75, 3.05) is 6.26 Å². The molecule has 2 aromatic carbocycles. The largest absolute Gasteiger partial charge is 0.456 e. The zero-order valence-corrected chi connectivity index (χ0v) is 9.17. The van der Waals surface area contributed by atoms with Crippen molar-refractivity contribution in [1.29, 1.82) is 0 Å². The van der Waals surface area contributed by atoms with Crippen molar-refractivity contribution < 1.29 is 4.42 Å². The van der Waals surface area contributed by atoms with E-state index in [2.05, 4.69) is 30.5 Å². The first-order valence-electron chi connectivity index (χ1n) is 4.84. The molecule has 0 spiro atoms. The van der Waals surface area contributed by atoms with Gasteiger partial charge in [0.05, 0.1) is 0 Å². The summed E-state index contributed by atoms with van der Waals surface area (Å²) in [5.41, 5.74) is 1.94. The van der Waals surface area contributed by atoms with Gasteiger partial charge in [0.15, 0.2) is 0 Å². The lowest BCUT2D eigenvalue weighted by Gasteiger charge is -1.94. The molecule has 0 saturated heterocycles. The van der Waals surface area contributed by atoms with Crippen LogP contribution in [-0.4, -0.2) is 6.26 Å². The summed E-state index contributed by atoms with van der Waals surface area (Å²) in [6.45, 7) is 0. The minimum Gasteiger partial charge on any atom is -0.456 e. The van der Waals surface area contributed by atoms with E-state index in [9.17, 15) is 0 Å². The van der Waals surface area contributed by atoms with Gasteiger partial charge in [0, 0.05) is 15.7 Å². The molecule has 15 heavy (non-hydrogen) atoms. The summed E-state index contributed by atoms with van der Waals surface area (Å²) in [5.74, 6) is 0. The number of hydrogen-bond donors (Lipinski definition) is 0. The summed E-state index contributed by atoms with van der Waals surface area (Å²) in [7, 11) is 0. The maximum absolute atomic E-state index is 5.78. The molecule has 1 heterocycles. The molecule has 0 unspecified atom stereocenters. The molecule has 0 atom stereocenters. The Morgan fingerprint density at radius 3 is 2.60 bits per heavy atom. The smallest absolute Gasteiger partial charge is 0.136 e. The van der Waals surface area contributed by atoms with Gasteiger partial charge in [-0.15, -0.1) is 11.8 Å². The van der Waals surface area contributed by atoms with E-state index in [1.807, 2.05) is 18.2 Å². The second kappa shape index (κ2) is 3.31. The second-order valence-corrected chi connectivity index (χ2v) is 4.34. The number of rotatable bonds is 1. The molecule has 1 nitrogen and oxygen atoms in total. The van der Waals surface area contributed by atoms with Crippen LogP contribution in [0.1, 0.15) is 0 Å². The van der Waals surface area contributed by atoms with Gasteiger partial charge in [-0.1, -0.05) is 18.2 Å². The molecule has 3 rings (SSSR count). The van der Waals surface area contributed by atoms with Crippen molar-refractivity contribution in [3.05, 3.63) is 42.5 Å². The molecule has 0 aliphatic carbocycles. The third-order valence-corrected chi connectivity index (χ3v) is 3.31. The quantitative estimate of drug-likeness (QED) is 0.560. The molecular weight excluding hydrogens is 204 g/mol. The van der Waals surface area contributed by atoms with Crippen LogP contribution in [0.4, 0.5) is 0 Å². The van der Waals surface area contributed by atoms with Gasteiger partial charge >= 0.3 is 0 Å². The van der Waals surface area contributed by atoms with E-state index in [-0.39, 0.29) is 0 Å². The predicted octanol–water partition coefficient (Wildman–Crippen LogP) is 4.31. The highest BCUT2D eigenvalue weighted by atomic mass is 32.2. The molecule has 0 amide bonds. The molecule has 0 fully saturated rings. The van der Waals surface area contributed by atoms with Gasteiger partial charge in [0.25, 0.3) is 0 Å². The van der Waals surface area contributed by atoms with Gasteiger partial charge in [-0.2, -0.15) is 0 Å². The number of para-hydroxylation sites is 1. The number of benzene rings is 2. The van der Waals surface area contributed by atoms with Crippen LogP contribution in [0.15, 0.2) is 51.8 Å². The topological polar surface area (TPSA) is 13.1 Å². The second-order valence-electron chi connectivity index (χ2n) is 3.46. The van der Waals surface area contributed by atoms with Crippen LogP contribution < -0.4 is 0 Å². The highest BCUT2D eigenvalue weighted by Gasteiger charge is 2.05. The summed E-state index contributed by atoms with van der Waals surface area (Å²) in [6.07, 6.45) is 2.07. The fourth-order valence-corrected chi connectivity index (χ4v) is 2.26. The van der Waals surface area contributed by atoms with E-state index in [4.69, 9.17) is 4.42 Å². The first-order valence-corrected chi connectivity index (χ1v) is 6.06. The van der Waals surface area contributed by atoms with Crippen molar-refractivity contribution in [2.24, 2.45) is 0 Å². The van der Waals surface area contributed by atoms with Crippen LogP contribution >= 0.6 is 11.8 Å². The first-order chi connectivity index (χ1) is 7.38. The highest BCUT2D eigenvalue weighted by Crippen LogP contribution is 2.30. The Bertz CT molecular complexity index is 625. The average molecular weight is 214 g/mol. The molecule has 3 aromatic rings. The SMILES string of the molecule is CSc1ccc2c(c1)oc1ccccc12. The molecule has 0 bridgehead atoms. The van der Waals surface area contributed by atoms with Crippen LogP contribution in [0.5, 0.6) is 0 Å². The van der Waals surface area contributed by atoms with E-state index in [0.717, 1.165) is 11.2 Å². The van der Waals surface area contributed by atoms with Crippen molar-refractivity contribution in [3.8, 4) is 0 Å². The zero-order chi connectivity index (χ0) is 10.3. The van der Waals surface area contributed by atoms with Gasteiger partial charge in [-0.25, -0.2) is 0 Å². The van der Waals surface area contributed by atoms with Crippen LogP contribution in [0, 0.1) is 0 Å². The van der Waals surface area contributed by atoms with Crippen LogP contribution in [0.25, 0.3) is 21.9 Å². The standard InChI is InChI=1S/C13H10OS/c1-15-9-6-7-11-10-4-2-3-5-12(10)14-13(11)8-9/h2-8H,1H3. The van der Waals surface area contributed by atoms with Gasteiger partial charge in [0.1, 0.15) is 11.2 Å². The average Bonchev–Trinajstić information content (AvgIpc) is 2.66. The lowest BCUT2D eigenvalue weighted by Crippen LogP contribution is -1.69. The lowest BCUT2D eigenvalue weighted by atomic mass is 10.2. The number of hydrogen-bond acceptors (Lipinski definition) is 2. The minimum absolute atomic E-state index is 0.964. The summed E-state index contributed by atoms with van der Waals surface area (Å²) in [6, 6.07) is 14.5. The fraction of sp³-hybridized carbons (Fsp3) is 0.0769. The first kappa shape index (κ1) is 8.86. The van der Waals surface area contributed by atoms with Crippen molar-refractivity contribution in [2.45, 2.75) is 4.90 Å². The molecule has 74 valence electrons. The highest BCUT2D eigenvalue weighted by molar-refractivity contribution is 7.98. The number of furan rings is 1. The molecule has 0 aliphatic rings. The van der Waals surface area contributed by atoms with Gasteiger partial charge < -0.3 is 4.42 Å². The normalized spacial score (nSPS) is 11.3. The molecular formula is C13H10OS. The maximum atomic E-state index is 5.78. The van der Waals surface area contributed by atoms with E-state index >= 15 is 0 Å². The van der Waals surface area contributed by atoms with E-state index in [1.54, 1.807) is 11.8 Å². The molecule has 0 N–H and O–H groups in total. The Morgan fingerprint density at radius 2 is 1.73 bits per heavy atom. The summed E-state index contributed by atoms with van der Waals surface area (Å²) in [5, 5.41) is 2.39. The van der Waals surface area contributed by atoms with Crippen LogP contribution in [-0.2, 0) is 0 Å². The van der Waals surface area contributed by atoms with Gasteiger partial charge in [-0.3, -0.25) is 0 Å². The Balaban J connectivity index is 2.43. The summed E-state index contributed by atoms with van der Waals surface area (Å²) < 4.78 is 5.78. The monoisotopic (exact) mass is 214 g/mol. The third kappa shape index (κ3) is 1.33. The van der Waals surface area contributed by atoms with Crippen molar-refractivity contribution in [1.82, 2.24) is 0 Å². The van der Waals surface area contributed by atoms with Crippen LogP contribution in [0.3, 0.4) is 0 Å². The van der Waals surface area contributed by atoms with E-state index in [0.29, 0.717) is 0 Å². The molecule has 0 aliphatic heterocycles. The molecule has 0 radical (unpaired) electrons. The summed E-state index contributed by atoms with van der Waals surface area (Å²) >= 11 is 1.73. The molecule has 2 heteroatoms. The van der Waals surface area contributed by atoms with E-state index < -0.39 is 0 Å². The maximum Gasteiger partial charge on any atom is 0.136 e. The Hall–Kier alpha value is -1.41. The van der Waals surface area contributed by atoms with Crippen molar-refractivity contribution in [3.63, 3.8) is 0 Å². The van der Waals surface area contributed by atoms with E-state index in [1.165, 1.54) is 15.7 Å².